The molecule has 0 saturated heterocycles. The lowest BCUT2D eigenvalue weighted by Crippen LogP contribution is -2.30. The highest BCUT2D eigenvalue weighted by Crippen LogP contribution is 2.47. The Balaban J connectivity index is 2.02. The van der Waals surface area contributed by atoms with Gasteiger partial charge in [0.25, 0.3) is 5.91 Å². The quantitative estimate of drug-likeness (QED) is 0.792. The van der Waals surface area contributed by atoms with Crippen molar-refractivity contribution in [2.45, 2.75) is 26.2 Å². The van der Waals surface area contributed by atoms with Crippen LogP contribution in [-0.4, -0.2) is 23.5 Å². The molecule has 5 heteroatoms. The lowest BCUT2D eigenvalue weighted by molar-refractivity contribution is -0.131. The van der Waals surface area contributed by atoms with Crippen molar-refractivity contribution in [2.24, 2.45) is 5.41 Å². The number of carboxylic acid groups (broad SMARTS) is 1. The van der Waals surface area contributed by atoms with Gasteiger partial charge in [0.05, 0.1) is 5.56 Å². The summed E-state index contributed by atoms with van der Waals surface area (Å²) in [6, 6.07) is 4.04. The molecular weight excluding hydrogens is 273 g/mol. The van der Waals surface area contributed by atoms with Crippen molar-refractivity contribution in [3.63, 3.8) is 0 Å². The summed E-state index contributed by atoms with van der Waals surface area (Å²) in [5, 5.41) is 11.3. The van der Waals surface area contributed by atoms with Crippen LogP contribution in [0.25, 0.3) is 6.08 Å². The third kappa shape index (κ3) is 3.90. The molecule has 1 aromatic carbocycles. The molecule has 0 radical (unpaired) electrons. The number of benzene rings is 1. The Morgan fingerprint density at radius 3 is 2.67 bits per heavy atom. The Labute approximate surface area is 122 Å². The van der Waals surface area contributed by atoms with Gasteiger partial charge in [-0.1, -0.05) is 13.0 Å². The molecule has 1 aromatic rings. The fourth-order valence-electron chi connectivity index (χ4n) is 2.18. The van der Waals surface area contributed by atoms with Crippen LogP contribution in [0.1, 0.15) is 42.1 Å². The van der Waals surface area contributed by atoms with E-state index >= 15 is 0 Å². The third-order valence-electron chi connectivity index (χ3n) is 3.99. The van der Waals surface area contributed by atoms with Gasteiger partial charge in [-0.3, -0.25) is 4.79 Å². The van der Waals surface area contributed by atoms with Gasteiger partial charge in [-0.25, -0.2) is 9.18 Å². The van der Waals surface area contributed by atoms with E-state index in [4.69, 9.17) is 5.11 Å². The second kappa shape index (κ2) is 6.08. The lowest BCUT2D eigenvalue weighted by atomic mass is 10.0. The molecule has 1 fully saturated rings. The molecule has 1 amide bonds. The van der Waals surface area contributed by atoms with Gasteiger partial charge >= 0.3 is 5.97 Å². The second-order valence-electron chi connectivity index (χ2n) is 5.45. The number of halogens is 1. The molecule has 0 atom stereocenters. The zero-order valence-corrected chi connectivity index (χ0v) is 11.9. The maximum atomic E-state index is 13.9. The minimum absolute atomic E-state index is 0.0191. The second-order valence-corrected chi connectivity index (χ2v) is 5.45. The van der Waals surface area contributed by atoms with Crippen LogP contribution >= 0.6 is 0 Å². The van der Waals surface area contributed by atoms with E-state index in [0.717, 1.165) is 31.4 Å². The van der Waals surface area contributed by atoms with E-state index in [9.17, 15) is 14.0 Å². The molecule has 4 nitrogen and oxygen atoms in total. The van der Waals surface area contributed by atoms with Crippen molar-refractivity contribution >= 4 is 18.0 Å². The summed E-state index contributed by atoms with van der Waals surface area (Å²) in [5.41, 5.74) is 0.587. The van der Waals surface area contributed by atoms with Gasteiger partial charge in [0, 0.05) is 12.6 Å². The summed E-state index contributed by atoms with van der Waals surface area (Å²) in [5.74, 6) is -2.19. The Bertz CT molecular complexity index is 591. The van der Waals surface area contributed by atoms with Crippen LogP contribution in [0.4, 0.5) is 4.39 Å². The number of carbonyl (C=O) groups is 2. The monoisotopic (exact) mass is 291 g/mol. The van der Waals surface area contributed by atoms with E-state index in [1.807, 2.05) is 0 Å². The zero-order chi connectivity index (χ0) is 15.5. The average molecular weight is 291 g/mol. The molecule has 0 aromatic heterocycles. The van der Waals surface area contributed by atoms with Gasteiger partial charge in [-0.05, 0) is 48.4 Å². The van der Waals surface area contributed by atoms with Gasteiger partial charge in [0.1, 0.15) is 5.82 Å². The fourth-order valence-corrected chi connectivity index (χ4v) is 2.18. The first-order valence-corrected chi connectivity index (χ1v) is 6.94. The van der Waals surface area contributed by atoms with E-state index in [1.165, 1.54) is 18.2 Å². The van der Waals surface area contributed by atoms with Crippen LogP contribution in [0.5, 0.6) is 0 Å². The predicted molar refractivity (Wildman–Crippen MR) is 77.4 cm³/mol. The highest BCUT2D eigenvalue weighted by Gasteiger charge is 2.40. The normalized spacial score (nSPS) is 15.9. The Kier molecular flexibility index (Phi) is 4.40. The molecule has 112 valence electrons. The summed E-state index contributed by atoms with van der Waals surface area (Å²) in [4.78, 5) is 22.4. The van der Waals surface area contributed by atoms with Gasteiger partial charge in [0.2, 0.25) is 0 Å². The standard InChI is InChI=1S/C16H18FNO3/c1-2-16(7-8-16)10-18-15(21)12-5-3-11(9-13(12)17)4-6-14(19)20/h3-6,9H,2,7-8,10H2,1H3,(H,18,21)(H,19,20)/b6-4+. The van der Waals surface area contributed by atoms with Crippen LogP contribution in [0.15, 0.2) is 24.3 Å². The van der Waals surface area contributed by atoms with Crippen molar-refractivity contribution in [1.29, 1.82) is 0 Å². The molecule has 1 aliphatic carbocycles. The molecule has 2 rings (SSSR count). The minimum atomic E-state index is -1.11. The molecule has 0 spiro atoms. The Morgan fingerprint density at radius 2 is 2.14 bits per heavy atom. The summed E-state index contributed by atoms with van der Waals surface area (Å²) in [6.45, 7) is 2.66. The van der Waals surface area contributed by atoms with E-state index in [0.29, 0.717) is 12.1 Å². The van der Waals surface area contributed by atoms with Crippen LogP contribution in [0, 0.1) is 11.2 Å². The number of aliphatic carboxylic acids is 1. The first-order valence-electron chi connectivity index (χ1n) is 6.94. The highest BCUT2D eigenvalue weighted by atomic mass is 19.1. The minimum Gasteiger partial charge on any atom is -0.478 e. The Hall–Kier alpha value is -2.17. The Morgan fingerprint density at radius 1 is 1.43 bits per heavy atom. The SMILES string of the molecule is CCC1(CNC(=O)c2ccc(/C=C/C(=O)O)cc2F)CC1. The van der Waals surface area contributed by atoms with Crippen LogP contribution in [0.2, 0.25) is 0 Å². The number of nitrogens with one attached hydrogen (secondary N) is 1. The molecule has 2 N–H and O–H groups in total. The molecule has 1 aliphatic rings. The van der Waals surface area contributed by atoms with Crippen molar-refractivity contribution in [2.75, 3.05) is 6.54 Å². The molecule has 0 bridgehead atoms. The number of hydrogen-bond acceptors (Lipinski definition) is 2. The first kappa shape index (κ1) is 15.2. The predicted octanol–water partition coefficient (Wildman–Crippen LogP) is 2.84. The van der Waals surface area contributed by atoms with Gasteiger partial charge in [-0.2, -0.15) is 0 Å². The summed E-state index contributed by atoms with van der Waals surface area (Å²) < 4.78 is 13.9. The number of rotatable bonds is 6. The number of carboxylic acids is 1. The van der Waals surface area contributed by atoms with Gasteiger partial charge in [0.15, 0.2) is 0 Å². The van der Waals surface area contributed by atoms with E-state index in [1.54, 1.807) is 0 Å². The van der Waals surface area contributed by atoms with Crippen molar-refractivity contribution in [1.82, 2.24) is 5.32 Å². The first-order chi connectivity index (χ1) is 9.96. The van der Waals surface area contributed by atoms with Crippen LogP contribution < -0.4 is 5.32 Å². The van der Waals surface area contributed by atoms with E-state index in [-0.39, 0.29) is 11.0 Å². The van der Waals surface area contributed by atoms with E-state index < -0.39 is 17.7 Å². The lowest BCUT2D eigenvalue weighted by Gasteiger charge is -2.13. The van der Waals surface area contributed by atoms with Crippen molar-refractivity contribution in [3.8, 4) is 0 Å². The van der Waals surface area contributed by atoms with Crippen molar-refractivity contribution in [3.05, 3.63) is 41.2 Å². The maximum absolute atomic E-state index is 13.9. The molecule has 0 heterocycles. The summed E-state index contributed by atoms with van der Waals surface area (Å²) in [7, 11) is 0. The molecule has 21 heavy (non-hydrogen) atoms. The number of carbonyl (C=O) groups excluding carboxylic acids is 1. The summed E-state index contributed by atoms with van der Waals surface area (Å²) in [6.07, 6.45) is 5.42. The fraction of sp³-hybridized carbons (Fsp3) is 0.375. The van der Waals surface area contributed by atoms with Crippen LogP contribution in [0.3, 0.4) is 0 Å². The molecular formula is C16H18FNO3. The number of amides is 1. The zero-order valence-electron chi connectivity index (χ0n) is 11.9. The molecule has 1 saturated carbocycles. The maximum Gasteiger partial charge on any atom is 0.328 e. The molecule has 0 aliphatic heterocycles. The van der Waals surface area contributed by atoms with E-state index in [2.05, 4.69) is 12.2 Å². The van der Waals surface area contributed by atoms with Gasteiger partial charge < -0.3 is 10.4 Å². The van der Waals surface area contributed by atoms with Gasteiger partial charge in [-0.15, -0.1) is 0 Å². The van der Waals surface area contributed by atoms with Crippen LogP contribution in [-0.2, 0) is 4.79 Å². The smallest absolute Gasteiger partial charge is 0.328 e. The molecule has 0 unspecified atom stereocenters. The third-order valence-corrected chi connectivity index (χ3v) is 3.99. The van der Waals surface area contributed by atoms with Crippen molar-refractivity contribution < 1.29 is 19.1 Å². The largest absolute Gasteiger partial charge is 0.478 e. The average Bonchev–Trinajstić information content (AvgIpc) is 3.23. The topological polar surface area (TPSA) is 66.4 Å². The summed E-state index contributed by atoms with van der Waals surface area (Å²) >= 11 is 0. The highest BCUT2D eigenvalue weighted by molar-refractivity contribution is 5.95. The number of hydrogen-bond donors (Lipinski definition) is 2.